The van der Waals surface area contributed by atoms with Crippen molar-refractivity contribution >= 4 is 32.6 Å². The first-order valence-corrected chi connectivity index (χ1v) is 22.3. The molecule has 0 unspecified atom stereocenters. The summed E-state index contributed by atoms with van der Waals surface area (Å²) in [6.45, 7) is 0. The average molecular weight is 827 g/mol. The summed E-state index contributed by atoms with van der Waals surface area (Å²) in [5.41, 5.74) is 18.3. The molecule has 0 radical (unpaired) electrons. The minimum Gasteiger partial charge on any atom is -0.292 e. The van der Waals surface area contributed by atoms with Crippen molar-refractivity contribution < 1.29 is 0 Å². The van der Waals surface area contributed by atoms with Crippen molar-refractivity contribution in [2.75, 3.05) is 0 Å². The van der Waals surface area contributed by atoms with Gasteiger partial charge < -0.3 is 0 Å². The maximum absolute atomic E-state index is 5.37. The van der Waals surface area contributed by atoms with Crippen LogP contribution in [0.3, 0.4) is 0 Å². The van der Waals surface area contributed by atoms with Gasteiger partial charge >= 0.3 is 0 Å². The zero-order valence-corrected chi connectivity index (χ0v) is 35.6. The fraction of sp³-hybridized carbons (Fsp3) is 0. The van der Waals surface area contributed by atoms with Crippen LogP contribution in [-0.4, -0.2) is 9.55 Å². The van der Waals surface area contributed by atoms with E-state index in [1.165, 1.54) is 82.7 Å². The molecule has 0 spiro atoms. The highest BCUT2D eigenvalue weighted by Crippen LogP contribution is 2.48. The molecule has 2 heteroatoms. The lowest BCUT2D eigenvalue weighted by Crippen LogP contribution is -1.98. The molecule has 11 aromatic carbocycles. The highest BCUT2D eigenvalue weighted by Gasteiger charge is 2.22. The lowest BCUT2D eigenvalue weighted by molar-refractivity contribution is 1.10. The van der Waals surface area contributed by atoms with Crippen LogP contribution in [-0.2, 0) is 0 Å². The van der Waals surface area contributed by atoms with Crippen molar-refractivity contribution in [3.05, 3.63) is 255 Å². The predicted octanol–water partition coefficient (Wildman–Crippen LogP) is 17.0. The number of hydrogen-bond donors (Lipinski definition) is 0. The fourth-order valence-electron chi connectivity index (χ4n) is 9.73. The number of imidazole rings is 1. The molecule has 0 atom stereocenters. The third-order valence-corrected chi connectivity index (χ3v) is 12.7. The van der Waals surface area contributed by atoms with Gasteiger partial charge in [0.15, 0.2) is 0 Å². The van der Waals surface area contributed by atoms with Gasteiger partial charge in [-0.25, -0.2) is 4.98 Å². The summed E-state index contributed by atoms with van der Waals surface area (Å²) >= 11 is 0. The van der Waals surface area contributed by atoms with Gasteiger partial charge in [0.25, 0.3) is 0 Å². The Balaban J connectivity index is 1.21. The number of rotatable bonds is 8. The summed E-state index contributed by atoms with van der Waals surface area (Å²) in [6, 6.07) is 92.3. The van der Waals surface area contributed by atoms with Gasteiger partial charge in [-0.05, 0) is 155 Å². The zero-order chi connectivity index (χ0) is 43.1. The molecule has 0 aliphatic rings. The number of para-hydroxylation sites is 3. The highest BCUT2D eigenvalue weighted by atomic mass is 15.1. The summed E-state index contributed by atoms with van der Waals surface area (Å²) in [5.74, 6) is 0.903. The Bertz CT molecular complexity index is 3550. The second-order valence-electron chi connectivity index (χ2n) is 16.7. The molecule has 0 saturated heterocycles. The Morgan fingerprint density at radius 2 is 0.615 bits per heavy atom. The number of aromatic nitrogens is 2. The minimum absolute atomic E-state index is 0.903. The normalized spacial score (nSPS) is 11.4. The maximum Gasteiger partial charge on any atom is 0.145 e. The summed E-state index contributed by atoms with van der Waals surface area (Å²) in [6.07, 6.45) is 0. The molecular weight excluding hydrogens is 785 g/mol. The van der Waals surface area contributed by atoms with E-state index >= 15 is 0 Å². The lowest BCUT2D eigenvalue weighted by atomic mass is 9.83. The molecule has 0 saturated carbocycles. The quantitative estimate of drug-likeness (QED) is 0.140. The molecule has 2 nitrogen and oxygen atoms in total. The Kier molecular flexibility index (Phi) is 9.54. The summed E-state index contributed by atoms with van der Waals surface area (Å²) in [7, 11) is 0. The first kappa shape index (κ1) is 38.1. The van der Waals surface area contributed by atoms with Crippen molar-refractivity contribution in [2.45, 2.75) is 0 Å². The van der Waals surface area contributed by atoms with Crippen molar-refractivity contribution in [1.82, 2.24) is 9.55 Å². The van der Waals surface area contributed by atoms with Crippen LogP contribution in [0.1, 0.15) is 0 Å². The van der Waals surface area contributed by atoms with Crippen LogP contribution in [0.15, 0.2) is 255 Å². The monoisotopic (exact) mass is 826 g/mol. The molecule has 0 fully saturated rings. The second-order valence-corrected chi connectivity index (χ2v) is 16.7. The van der Waals surface area contributed by atoms with Crippen LogP contribution in [0, 0.1) is 0 Å². The third kappa shape index (κ3) is 6.99. The minimum atomic E-state index is 0.903. The second kappa shape index (κ2) is 16.3. The van der Waals surface area contributed by atoms with Gasteiger partial charge in [0, 0.05) is 11.3 Å². The molecule has 304 valence electrons. The lowest BCUT2D eigenvalue weighted by Gasteiger charge is -2.21. The number of benzene rings is 11. The van der Waals surface area contributed by atoms with Crippen LogP contribution in [0.2, 0.25) is 0 Å². The SMILES string of the molecule is c1ccc(-c2cc(-c3ccccc3)cc(-c3c4ccccc4c(-c4cc(-c5ccccc5)cc(-c5ccccc5)c4)c4cc(-c5nc6ccccc6n5-c5ccccc5)ccc34)c2)cc1. The standard InChI is InChI=1S/C63H42N2/c1-6-20-43(21-7-1)48-36-49(44-22-8-2-9-23-44)39-52(38-48)61-55-30-16-17-31-56(55)62(53-40-50(45-24-10-3-11-25-45)37-51(41-53)46-26-12-4-13-27-46)58-42-47(34-35-57(58)61)63-64-59-32-18-19-33-60(59)65(63)54-28-14-5-15-29-54/h1-42H. The summed E-state index contributed by atoms with van der Waals surface area (Å²) in [4.78, 5) is 5.37. The molecule has 0 N–H and O–H groups in total. The Hall–Kier alpha value is -8.59. The van der Waals surface area contributed by atoms with E-state index in [2.05, 4.69) is 259 Å². The van der Waals surface area contributed by atoms with Crippen LogP contribution in [0.5, 0.6) is 0 Å². The fourth-order valence-corrected chi connectivity index (χ4v) is 9.73. The van der Waals surface area contributed by atoms with Gasteiger partial charge in [0.1, 0.15) is 5.82 Å². The van der Waals surface area contributed by atoms with E-state index in [4.69, 9.17) is 4.98 Å². The smallest absolute Gasteiger partial charge is 0.145 e. The van der Waals surface area contributed by atoms with Crippen LogP contribution in [0.4, 0.5) is 0 Å². The number of hydrogen-bond acceptors (Lipinski definition) is 1. The van der Waals surface area contributed by atoms with Gasteiger partial charge in [-0.1, -0.05) is 188 Å². The summed E-state index contributed by atoms with van der Waals surface area (Å²) in [5, 5.41) is 4.74. The number of nitrogens with zero attached hydrogens (tertiary/aromatic N) is 2. The molecule has 12 rings (SSSR count). The molecule has 0 aliphatic carbocycles. The molecule has 12 aromatic rings. The predicted molar refractivity (Wildman–Crippen MR) is 274 cm³/mol. The van der Waals surface area contributed by atoms with Gasteiger partial charge in [0.05, 0.1) is 11.0 Å². The van der Waals surface area contributed by atoms with Crippen molar-refractivity contribution in [3.8, 4) is 83.8 Å². The molecular formula is C63H42N2. The summed E-state index contributed by atoms with van der Waals surface area (Å²) < 4.78 is 2.30. The maximum atomic E-state index is 5.37. The van der Waals surface area contributed by atoms with Gasteiger partial charge in [0.2, 0.25) is 0 Å². The highest BCUT2D eigenvalue weighted by molar-refractivity contribution is 6.22. The third-order valence-electron chi connectivity index (χ3n) is 12.7. The first-order chi connectivity index (χ1) is 32.2. The molecule has 1 aromatic heterocycles. The van der Waals surface area contributed by atoms with E-state index in [0.717, 1.165) is 33.7 Å². The van der Waals surface area contributed by atoms with Crippen LogP contribution < -0.4 is 0 Å². The van der Waals surface area contributed by atoms with Gasteiger partial charge in [-0.2, -0.15) is 0 Å². The molecule has 0 aliphatic heterocycles. The van der Waals surface area contributed by atoms with E-state index in [0.29, 0.717) is 0 Å². The van der Waals surface area contributed by atoms with E-state index in [1.807, 2.05) is 0 Å². The zero-order valence-electron chi connectivity index (χ0n) is 35.6. The Morgan fingerprint density at radius 3 is 1.09 bits per heavy atom. The van der Waals surface area contributed by atoms with Crippen LogP contribution in [0.25, 0.3) is 116 Å². The van der Waals surface area contributed by atoms with E-state index in [1.54, 1.807) is 0 Å². The number of fused-ring (bicyclic) bond motifs is 3. The van der Waals surface area contributed by atoms with Gasteiger partial charge in [-0.3, -0.25) is 4.57 Å². The molecule has 0 bridgehead atoms. The largest absolute Gasteiger partial charge is 0.292 e. The molecule has 0 amide bonds. The van der Waals surface area contributed by atoms with E-state index in [-0.39, 0.29) is 0 Å². The Morgan fingerprint density at radius 1 is 0.246 bits per heavy atom. The first-order valence-electron chi connectivity index (χ1n) is 22.3. The molecule has 1 heterocycles. The Labute approximate surface area is 379 Å². The topological polar surface area (TPSA) is 17.8 Å². The van der Waals surface area contributed by atoms with E-state index in [9.17, 15) is 0 Å². The van der Waals surface area contributed by atoms with Crippen molar-refractivity contribution in [2.24, 2.45) is 0 Å². The van der Waals surface area contributed by atoms with Gasteiger partial charge in [-0.15, -0.1) is 0 Å². The van der Waals surface area contributed by atoms with E-state index < -0.39 is 0 Å². The average Bonchev–Trinajstić information content (AvgIpc) is 3.78. The van der Waals surface area contributed by atoms with Crippen molar-refractivity contribution in [3.63, 3.8) is 0 Å². The van der Waals surface area contributed by atoms with Crippen molar-refractivity contribution in [1.29, 1.82) is 0 Å². The molecule has 65 heavy (non-hydrogen) atoms. The van der Waals surface area contributed by atoms with Crippen LogP contribution >= 0.6 is 0 Å².